The highest BCUT2D eigenvalue weighted by Gasteiger charge is 2.10. The van der Waals surface area contributed by atoms with Crippen LogP contribution in [0.5, 0.6) is 0 Å². The van der Waals surface area contributed by atoms with Crippen LogP contribution in [0.3, 0.4) is 0 Å². The van der Waals surface area contributed by atoms with Gasteiger partial charge in [-0.3, -0.25) is 4.79 Å². The standard InChI is InChI=1S/C12H9FN4O3/c13-9-3-2-8(5-7(9)1-4-11(18)19)15-12(20)10-6-14-17-16-10/h1-6H,(H,15,20)(H,18,19)(H,14,16,17)/b4-1+. The normalized spacial score (nSPS) is 10.7. The summed E-state index contributed by atoms with van der Waals surface area (Å²) < 4.78 is 13.4. The van der Waals surface area contributed by atoms with E-state index in [0.29, 0.717) is 5.69 Å². The Labute approximate surface area is 112 Å². The smallest absolute Gasteiger partial charge is 0.328 e. The zero-order chi connectivity index (χ0) is 14.5. The predicted molar refractivity (Wildman–Crippen MR) is 67.4 cm³/mol. The fourth-order valence-corrected chi connectivity index (χ4v) is 1.42. The Hall–Kier alpha value is -3.03. The van der Waals surface area contributed by atoms with Crippen molar-refractivity contribution in [2.75, 3.05) is 5.32 Å². The number of hydrogen-bond acceptors (Lipinski definition) is 4. The van der Waals surface area contributed by atoms with E-state index in [1.54, 1.807) is 0 Å². The molecule has 2 aromatic rings. The van der Waals surface area contributed by atoms with Crippen molar-refractivity contribution < 1.29 is 19.1 Å². The zero-order valence-corrected chi connectivity index (χ0v) is 10.0. The van der Waals surface area contributed by atoms with E-state index in [4.69, 9.17) is 5.11 Å². The molecule has 0 fully saturated rings. The van der Waals surface area contributed by atoms with Gasteiger partial charge in [0.15, 0.2) is 5.69 Å². The molecule has 1 amide bonds. The van der Waals surface area contributed by atoms with Crippen molar-refractivity contribution in [2.45, 2.75) is 0 Å². The van der Waals surface area contributed by atoms with Crippen molar-refractivity contribution in [1.29, 1.82) is 0 Å². The third-order valence-electron chi connectivity index (χ3n) is 2.31. The first kappa shape index (κ1) is 13.4. The van der Waals surface area contributed by atoms with Crippen LogP contribution in [-0.4, -0.2) is 32.4 Å². The molecule has 1 aromatic heterocycles. The molecule has 2 rings (SSSR count). The number of carboxylic acids is 1. The summed E-state index contributed by atoms with van der Waals surface area (Å²) >= 11 is 0. The molecule has 0 saturated carbocycles. The number of benzene rings is 1. The maximum atomic E-state index is 13.4. The van der Waals surface area contributed by atoms with Gasteiger partial charge in [-0.1, -0.05) is 0 Å². The highest BCUT2D eigenvalue weighted by Crippen LogP contribution is 2.16. The van der Waals surface area contributed by atoms with Gasteiger partial charge in [0, 0.05) is 17.3 Å². The second-order valence-electron chi connectivity index (χ2n) is 3.72. The SMILES string of the molecule is O=C(O)/C=C/c1cc(NC(=O)c2cn[nH]n2)ccc1F. The number of aliphatic carboxylic acids is 1. The van der Waals surface area contributed by atoms with Crippen LogP contribution in [0.15, 0.2) is 30.5 Å². The Morgan fingerprint density at radius 1 is 1.40 bits per heavy atom. The molecule has 1 aromatic carbocycles. The molecule has 0 bridgehead atoms. The number of H-pyrrole nitrogens is 1. The summed E-state index contributed by atoms with van der Waals surface area (Å²) in [5.41, 5.74) is 0.437. The molecule has 0 unspecified atom stereocenters. The van der Waals surface area contributed by atoms with Crippen molar-refractivity contribution in [3.8, 4) is 0 Å². The molecule has 0 atom stereocenters. The number of anilines is 1. The van der Waals surface area contributed by atoms with Crippen molar-refractivity contribution in [3.05, 3.63) is 47.5 Å². The number of aromatic nitrogens is 3. The van der Waals surface area contributed by atoms with E-state index in [-0.39, 0.29) is 11.3 Å². The average Bonchev–Trinajstić information content (AvgIpc) is 2.93. The highest BCUT2D eigenvalue weighted by atomic mass is 19.1. The Bertz CT molecular complexity index is 667. The van der Waals surface area contributed by atoms with E-state index in [1.165, 1.54) is 18.3 Å². The van der Waals surface area contributed by atoms with E-state index in [9.17, 15) is 14.0 Å². The molecule has 20 heavy (non-hydrogen) atoms. The van der Waals surface area contributed by atoms with Crippen LogP contribution >= 0.6 is 0 Å². The summed E-state index contributed by atoms with van der Waals surface area (Å²) in [5.74, 6) is -2.30. The molecule has 7 nitrogen and oxygen atoms in total. The molecule has 3 N–H and O–H groups in total. The summed E-state index contributed by atoms with van der Waals surface area (Å²) in [6, 6.07) is 3.79. The third kappa shape index (κ3) is 3.25. The van der Waals surface area contributed by atoms with E-state index in [1.807, 2.05) is 0 Å². The maximum Gasteiger partial charge on any atom is 0.328 e. The fraction of sp³-hybridized carbons (Fsp3) is 0. The lowest BCUT2D eigenvalue weighted by Crippen LogP contribution is -2.12. The molecule has 102 valence electrons. The van der Waals surface area contributed by atoms with Crippen LogP contribution in [0.2, 0.25) is 0 Å². The maximum absolute atomic E-state index is 13.4. The number of nitrogens with one attached hydrogen (secondary N) is 2. The van der Waals surface area contributed by atoms with Crippen molar-refractivity contribution >= 4 is 23.6 Å². The molecular formula is C12H9FN4O3. The fourth-order valence-electron chi connectivity index (χ4n) is 1.42. The summed E-state index contributed by atoms with van der Waals surface area (Å²) in [5, 5.41) is 20.4. The minimum atomic E-state index is -1.19. The average molecular weight is 276 g/mol. The second kappa shape index (κ2) is 5.74. The topological polar surface area (TPSA) is 108 Å². The number of aromatic amines is 1. The largest absolute Gasteiger partial charge is 0.478 e. The molecule has 8 heteroatoms. The van der Waals surface area contributed by atoms with Gasteiger partial charge in [0.1, 0.15) is 5.82 Å². The first-order valence-corrected chi connectivity index (χ1v) is 5.44. The molecule has 0 aliphatic rings. The Kier molecular flexibility index (Phi) is 3.85. The number of carbonyl (C=O) groups is 2. The Morgan fingerprint density at radius 2 is 2.20 bits per heavy atom. The Balaban J connectivity index is 2.19. The molecule has 1 heterocycles. The Morgan fingerprint density at radius 3 is 2.85 bits per heavy atom. The number of nitrogens with zero attached hydrogens (tertiary/aromatic N) is 2. The lowest BCUT2D eigenvalue weighted by atomic mass is 10.1. The third-order valence-corrected chi connectivity index (χ3v) is 2.31. The summed E-state index contributed by atoms with van der Waals surface area (Å²) in [7, 11) is 0. The van der Waals surface area contributed by atoms with Gasteiger partial charge in [0.25, 0.3) is 5.91 Å². The van der Waals surface area contributed by atoms with Crippen LogP contribution in [-0.2, 0) is 4.79 Å². The van der Waals surface area contributed by atoms with Crippen LogP contribution in [0, 0.1) is 5.82 Å². The van der Waals surface area contributed by atoms with Gasteiger partial charge in [0.05, 0.1) is 6.20 Å². The van der Waals surface area contributed by atoms with Crippen LogP contribution in [0.25, 0.3) is 6.08 Å². The monoisotopic (exact) mass is 276 g/mol. The van der Waals surface area contributed by atoms with Crippen molar-refractivity contribution in [1.82, 2.24) is 15.4 Å². The first-order chi connectivity index (χ1) is 9.56. The van der Waals surface area contributed by atoms with Crippen LogP contribution in [0.4, 0.5) is 10.1 Å². The minimum Gasteiger partial charge on any atom is -0.478 e. The predicted octanol–water partition coefficient (Wildman–Crippen LogP) is 1.29. The van der Waals surface area contributed by atoms with Crippen molar-refractivity contribution in [2.24, 2.45) is 0 Å². The molecule has 0 radical (unpaired) electrons. The number of rotatable bonds is 4. The van der Waals surface area contributed by atoms with Gasteiger partial charge in [-0.15, -0.1) is 0 Å². The minimum absolute atomic E-state index is 0.0466. The van der Waals surface area contributed by atoms with Crippen molar-refractivity contribution in [3.63, 3.8) is 0 Å². The van der Waals surface area contributed by atoms with E-state index < -0.39 is 17.7 Å². The van der Waals surface area contributed by atoms with E-state index >= 15 is 0 Å². The summed E-state index contributed by atoms with van der Waals surface area (Å²) in [4.78, 5) is 22.1. The summed E-state index contributed by atoms with van der Waals surface area (Å²) in [6.45, 7) is 0. The first-order valence-electron chi connectivity index (χ1n) is 5.44. The van der Waals surface area contributed by atoms with Gasteiger partial charge in [-0.25, -0.2) is 9.18 Å². The van der Waals surface area contributed by atoms with Gasteiger partial charge in [-0.05, 0) is 24.3 Å². The molecule has 0 saturated heterocycles. The molecule has 0 aliphatic carbocycles. The lowest BCUT2D eigenvalue weighted by Gasteiger charge is -2.04. The lowest BCUT2D eigenvalue weighted by molar-refractivity contribution is -0.131. The number of halogens is 1. The van der Waals surface area contributed by atoms with Gasteiger partial charge < -0.3 is 10.4 Å². The van der Waals surface area contributed by atoms with Gasteiger partial charge in [0.2, 0.25) is 0 Å². The number of amides is 1. The number of carbonyl (C=O) groups excluding carboxylic acids is 1. The second-order valence-corrected chi connectivity index (χ2v) is 3.72. The van der Waals surface area contributed by atoms with Crippen LogP contribution in [0.1, 0.15) is 16.1 Å². The molecule has 0 aliphatic heterocycles. The number of hydrogen-bond donors (Lipinski definition) is 3. The molecule has 0 spiro atoms. The zero-order valence-electron chi connectivity index (χ0n) is 10.0. The summed E-state index contributed by atoms with van der Waals surface area (Å²) in [6.07, 6.45) is 3.15. The number of carboxylic acid groups (broad SMARTS) is 1. The van der Waals surface area contributed by atoms with Crippen LogP contribution < -0.4 is 5.32 Å². The van der Waals surface area contributed by atoms with E-state index in [2.05, 4.69) is 20.7 Å². The molecular weight excluding hydrogens is 267 g/mol. The van der Waals surface area contributed by atoms with Gasteiger partial charge >= 0.3 is 5.97 Å². The highest BCUT2D eigenvalue weighted by molar-refractivity contribution is 6.02. The quantitative estimate of drug-likeness (QED) is 0.729. The van der Waals surface area contributed by atoms with E-state index in [0.717, 1.165) is 18.2 Å². The van der Waals surface area contributed by atoms with Gasteiger partial charge in [-0.2, -0.15) is 15.4 Å².